The summed E-state index contributed by atoms with van der Waals surface area (Å²) >= 11 is 0. The van der Waals surface area contributed by atoms with E-state index in [1.165, 1.54) is 7.11 Å². The Balaban J connectivity index is 2.45. The van der Waals surface area contributed by atoms with Crippen molar-refractivity contribution in [2.45, 2.75) is 25.3 Å². The quantitative estimate of drug-likeness (QED) is 0.619. The van der Waals surface area contributed by atoms with Crippen LogP contribution in [0.5, 0.6) is 0 Å². The van der Waals surface area contributed by atoms with Crippen molar-refractivity contribution < 1.29 is 14.3 Å². The lowest BCUT2D eigenvalue weighted by molar-refractivity contribution is -0.144. The predicted molar refractivity (Wildman–Crippen MR) is 72.2 cm³/mol. The van der Waals surface area contributed by atoms with Gasteiger partial charge in [0.05, 0.1) is 7.11 Å². The molecule has 0 aliphatic carbocycles. The van der Waals surface area contributed by atoms with Gasteiger partial charge in [0, 0.05) is 12.8 Å². The molecule has 0 heterocycles. The van der Waals surface area contributed by atoms with Gasteiger partial charge in [0.15, 0.2) is 0 Å². The van der Waals surface area contributed by atoms with Crippen molar-refractivity contribution in [1.29, 1.82) is 0 Å². The van der Waals surface area contributed by atoms with Gasteiger partial charge in [0.1, 0.15) is 6.04 Å². The van der Waals surface area contributed by atoms with Gasteiger partial charge in [-0.25, -0.2) is 4.79 Å². The fourth-order valence-corrected chi connectivity index (χ4v) is 1.62. The molecule has 0 saturated heterocycles. The predicted octanol–water partition coefficient (Wildman–Crippen LogP) is 1.30. The molecule has 4 heteroatoms. The number of carbonyl (C=O) groups is 2. The molecule has 19 heavy (non-hydrogen) atoms. The SMILES string of the molecule is C#CC[C@@H](NC(=O)CCc1ccccc1)C(=O)OC. The van der Waals surface area contributed by atoms with Gasteiger partial charge in [-0.2, -0.15) is 0 Å². The standard InChI is InChI=1S/C15H17NO3/c1-3-7-13(15(18)19-2)16-14(17)11-10-12-8-5-4-6-9-12/h1,4-6,8-9,13H,7,10-11H2,2H3,(H,16,17)/t13-/m1/s1. The molecule has 4 nitrogen and oxygen atoms in total. The molecule has 0 aromatic heterocycles. The summed E-state index contributed by atoms with van der Waals surface area (Å²) in [5.74, 6) is 1.61. The van der Waals surface area contributed by atoms with Crippen molar-refractivity contribution in [3.8, 4) is 12.3 Å². The minimum absolute atomic E-state index is 0.129. The molecule has 1 rings (SSSR count). The second-order valence-corrected chi connectivity index (χ2v) is 4.04. The van der Waals surface area contributed by atoms with Crippen LogP contribution in [0.25, 0.3) is 0 Å². The molecule has 1 aromatic rings. The summed E-state index contributed by atoms with van der Waals surface area (Å²) in [5.41, 5.74) is 1.07. The van der Waals surface area contributed by atoms with E-state index in [0.29, 0.717) is 12.8 Å². The first-order valence-corrected chi connectivity index (χ1v) is 6.02. The molecule has 0 saturated carbocycles. The van der Waals surface area contributed by atoms with Gasteiger partial charge in [0.2, 0.25) is 5.91 Å². The number of aryl methyl sites for hydroxylation is 1. The third kappa shape index (κ3) is 5.26. The highest BCUT2D eigenvalue weighted by Crippen LogP contribution is 2.03. The molecule has 0 unspecified atom stereocenters. The summed E-state index contributed by atoms with van der Waals surface area (Å²) in [6.07, 6.45) is 6.21. The van der Waals surface area contributed by atoms with Crippen LogP contribution < -0.4 is 5.32 Å². The van der Waals surface area contributed by atoms with Crippen molar-refractivity contribution in [2.24, 2.45) is 0 Å². The zero-order chi connectivity index (χ0) is 14.1. The number of hydrogen-bond donors (Lipinski definition) is 1. The van der Waals surface area contributed by atoms with E-state index in [9.17, 15) is 9.59 Å². The monoisotopic (exact) mass is 259 g/mol. The van der Waals surface area contributed by atoms with E-state index in [4.69, 9.17) is 6.42 Å². The van der Waals surface area contributed by atoms with Crippen LogP contribution in [0.1, 0.15) is 18.4 Å². The number of carbonyl (C=O) groups excluding carboxylic acids is 2. The van der Waals surface area contributed by atoms with Gasteiger partial charge < -0.3 is 10.1 Å². The highest BCUT2D eigenvalue weighted by atomic mass is 16.5. The maximum Gasteiger partial charge on any atom is 0.329 e. The minimum atomic E-state index is -0.765. The van der Waals surface area contributed by atoms with Crippen LogP contribution in [0.4, 0.5) is 0 Å². The van der Waals surface area contributed by atoms with Crippen molar-refractivity contribution in [3.05, 3.63) is 35.9 Å². The van der Waals surface area contributed by atoms with Crippen LogP contribution in [0.15, 0.2) is 30.3 Å². The topological polar surface area (TPSA) is 55.4 Å². The highest BCUT2D eigenvalue weighted by Gasteiger charge is 2.19. The number of methoxy groups -OCH3 is 1. The van der Waals surface area contributed by atoms with Gasteiger partial charge in [-0.1, -0.05) is 30.3 Å². The van der Waals surface area contributed by atoms with Crippen LogP contribution in [0, 0.1) is 12.3 Å². The van der Waals surface area contributed by atoms with Crippen LogP contribution in [0.2, 0.25) is 0 Å². The first-order valence-electron chi connectivity index (χ1n) is 6.02. The van der Waals surface area contributed by atoms with Gasteiger partial charge in [0.25, 0.3) is 0 Å². The molecular weight excluding hydrogens is 242 g/mol. The van der Waals surface area contributed by atoms with E-state index in [1.807, 2.05) is 30.3 Å². The molecule has 0 aliphatic heterocycles. The lowest BCUT2D eigenvalue weighted by atomic mass is 10.1. The molecule has 1 N–H and O–H groups in total. The Hall–Kier alpha value is -2.28. The largest absolute Gasteiger partial charge is 0.467 e. The van der Waals surface area contributed by atoms with E-state index < -0.39 is 12.0 Å². The fraction of sp³-hybridized carbons (Fsp3) is 0.333. The summed E-state index contributed by atoms with van der Waals surface area (Å²) < 4.78 is 4.58. The Morgan fingerprint density at radius 1 is 1.37 bits per heavy atom. The number of nitrogens with one attached hydrogen (secondary N) is 1. The molecule has 100 valence electrons. The van der Waals surface area contributed by atoms with Gasteiger partial charge in [-0.3, -0.25) is 4.79 Å². The van der Waals surface area contributed by atoms with E-state index in [-0.39, 0.29) is 12.3 Å². The molecule has 0 aliphatic rings. The Morgan fingerprint density at radius 3 is 2.63 bits per heavy atom. The summed E-state index contributed by atoms with van der Waals surface area (Å²) in [5, 5.41) is 2.58. The third-order valence-electron chi connectivity index (χ3n) is 2.63. The lowest BCUT2D eigenvalue weighted by Gasteiger charge is -2.13. The van der Waals surface area contributed by atoms with Crippen LogP contribution in [-0.4, -0.2) is 25.0 Å². The van der Waals surface area contributed by atoms with E-state index >= 15 is 0 Å². The average Bonchev–Trinajstić information content (AvgIpc) is 2.45. The van der Waals surface area contributed by atoms with Crippen molar-refractivity contribution >= 4 is 11.9 Å². The molecule has 0 bridgehead atoms. The summed E-state index contributed by atoms with van der Waals surface area (Å²) in [6.45, 7) is 0. The number of rotatable bonds is 6. The van der Waals surface area contributed by atoms with Crippen molar-refractivity contribution in [1.82, 2.24) is 5.32 Å². The zero-order valence-electron chi connectivity index (χ0n) is 10.9. The minimum Gasteiger partial charge on any atom is -0.467 e. The summed E-state index contributed by atoms with van der Waals surface area (Å²) in [6, 6.07) is 8.90. The maximum atomic E-state index is 11.7. The van der Waals surface area contributed by atoms with Crippen LogP contribution >= 0.6 is 0 Å². The maximum absolute atomic E-state index is 11.7. The number of amides is 1. The third-order valence-corrected chi connectivity index (χ3v) is 2.63. The Bertz CT molecular complexity index is 462. The Labute approximate surface area is 113 Å². The number of ether oxygens (including phenoxy) is 1. The molecule has 0 fully saturated rings. The highest BCUT2D eigenvalue weighted by molar-refractivity contribution is 5.84. The average molecular weight is 259 g/mol. The first-order chi connectivity index (χ1) is 9.17. The summed E-state index contributed by atoms with van der Waals surface area (Å²) in [4.78, 5) is 23.1. The number of hydrogen-bond acceptors (Lipinski definition) is 3. The van der Waals surface area contributed by atoms with Crippen molar-refractivity contribution in [3.63, 3.8) is 0 Å². The molecule has 1 aromatic carbocycles. The van der Waals surface area contributed by atoms with E-state index in [1.54, 1.807) is 0 Å². The number of terminal acetylenes is 1. The Morgan fingerprint density at radius 2 is 2.05 bits per heavy atom. The molecule has 1 atom stereocenters. The molecular formula is C15H17NO3. The first kappa shape index (κ1) is 14.8. The lowest BCUT2D eigenvalue weighted by Crippen LogP contribution is -2.41. The van der Waals surface area contributed by atoms with Gasteiger partial charge >= 0.3 is 5.97 Å². The summed E-state index contributed by atoms with van der Waals surface area (Å²) in [7, 11) is 1.27. The Kier molecular flexibility index (Phi) is 6.17. The second kappa shape index (κ2) is 7.93. The van der Waals surface area contributed by atoms with E-state index in [2.05, 4.69) is 16.0 Å². The number of benzene rings is 1. The number of esters is 1. The van der Waals surface area contributed by atoms with Crippen LogP contribution in [-0.2, 0) is 20.7 Å². The molecule has 0 spiro atoms. The normalized spacial score (nSPS) is 11.2. The fourth-order valence-electron chi connectivity index (χ4n) is 1.62. The smallest absolute Gasteiger partial charge is 0.329 e. The van der Waals surface area contributed by atoms with Gasteiger partial charge in [-0.05, 0) is 12.0 Å². The zero-order valence-corrected chi connectivity index (χ0v) is 10.9. The molecule has 0 radical (unpaired) electrons. The molecule has 1 amide bonds. The van der Waals surface area contributed by atoms with E-state index in [0.717, 1.165) is 5.56 Å². The van der Waals surface area contributed by atoms with Crippen molar-refractivity contribution in [2.75, 3.05) is 7.11 Å². The van der Waals surface area contributed by atoms with Gasteiger partial charge in [-0.15, -0.1) is 12.3 Å². The second-order valence-electron chi connectivity index (χ2n) is 4.04. The van der Waals surface area contributed by atoms with Crippen LogP contribution in [0.3, 0.4) is 0 Å².